The Bertz CT molecular complexity index is 467. The smallest absolute Gasteiger partial charge is 0.699 e. The second-order valence-electron chi connectivity index (χ2n) is 5.11. The fourth-order valence-electron chi connectivity index (χ4n) is 1.73. The van der Waals surface area contributed by atoms with Crippen molar-refractivity contribution in [3.8, 4) is 0 Å². The first-order valence-corrected chi connectivity index (χ1v) is 8.98. The fourth-order valence-corrected chi connectivity index (χ4v) is 1.73. The average molecular weight is 450 g/mol. The molecule has 1 atom stereocenters. The van der Waals surface area contributed by atoms with E-state index in [1.807, 2.05) is 25.1 Å². The van der Waals surface area contributed by atoms with Crippen LogP contribution in [0, 0.1) is 18.9 Å². The van der Waals surface area contributed by atoms with Crippen LogP contribution in [0.3, 0.4) is 0 Å². The number of rotatable bonds is 0. The minimum Gasteiger partial charge on any atom is -0.699 e. The van der Waals surface area contributed by atoms with E-state index in [4.69, 9.17) is 5.73 Å². The Balaban J connectivity index is -0.000000121. The Morgan fingerprint density at radius 3 is 1.61 bits per heavy atom. The van der Waals surface area contributed by atoms with Gasteiger partial charge in [-0.05, 0) is 6.92 Å². The molecular weight excluding hydrogens is 420 g/mol. The average Bonchev–Trinajstić information content (AvgIpc) is 2.62. The van der Waals surface area contributed by atoms with E-state index in [1.165, 1.54) is 16.7 Å². The summed E-state index contributed by atoms with van der Waals surface area (Å²) in [6, 6.07) is 7.53. The molecule has 128 valence electrons. The van der Waals surface area contributed by atoms with E-state index < -0.39 is 0 Å². The Hall–Kier alpha value is 0.180. The van der Waals surface area contributed by atoms with E-state index in [1.54, 1.807) is 6.07 Å². The molecule has 0 aliphatic heterocycles. The molecule has 1 N–H and O–H groups in total. The monoisotopic (exact) mass is 447 g/mol. The van der Waals surface area contributed by atoms with Crippen LogP contribution < -0.4 is 0 Å². The minimum atomic E-state index is 0. The van der Waals surface area contributed by atoms with Crippen LogP contribution in [0.4, 0.5) is 5.69 Å². The first kappa shape index (κ1) is 31.0. The second kappa shape index (κ2) is 17.0. The fraction of sp³-hybridized carbons (Fsp3) is 0.444. The van der Waals surface area contributed by atoms with Gasteiger partial charge in [0.05, 0.1) is 0 Å². The van der Waals surface area contributed by atoms with Gasteiger partial charge in [0.1, 0.15) is 0 Å². The zero-order valence-electron chi connectivity index (χ0n) is 15.2. The second-order valence-corrected chi connectivity index (χ2v) is 6.11. The topological polar surface area (TPSA) is 23.8 Å². The summed E-state index contributed by atoms with van der Waals surface area (Å²) in [7, 11) is 1.08. The van der Waals surface area contributed by atoms with Crippen molar-refractivity contribution in [3.63, 3.8) is 0 Å². The van der Waals surface area contributed by atoms with Crippen molar-refractivity contribution in [3.05, 3.63) is 58.4 Å². The molecule has 1 aromatic rings. The third-order valence-corrected chi connectivity index (χ3v) is 3.38. The van der Waals surface area contributed by atoms with Crippen molar-refractivity contribution in [1.82, 2.24) is 0 Å². The maximum atomic E-state index is 7.22. The molecule has 2 rings (SSSR count). The number of allylic oxidation sites excluding steroid dienone is 4. The normalized spacial score (nSPS) is 14.6. The van der Waals surface area contributed by atoms with Crippen LogP contribution in [-0.4, -0.2) is 9.52 Å². The molecule has 5 heteroatoms. The van der Waals surface area contributed by atoms with Gasteiger partial charge in [-0.1, -0.05) is 69.6 Å². The minimum absolute atomic E-state index is 0. The van der Waals surface area contributed by atoms with Crippen LogP contribution in [0.1, 0.15) is 33.3 Å². The Morgan fingerprint density at radius 2 is 1.43 bits per heavy atom. The number of nitrogens with one attached hydrogen (secondary N) is 1. The van der Waals surface area contributed by atoms with Gasteiger partial charge < -0.3 is 5.73 Å². The molecule has 1 aliphatic rings. The molecule has 2 radical (unpaired) electrons. The summed E-state index contributed by atoms with van der Waals surface area (Å²) >= 11 is 0. The van der Waals surface area contributed by atoms with Crippen LogP contribution in [0.5, 0.6) is 0 Å². The third kappa shape index (κ3) is 12.2. The molecule has 0 saturated heterocycles. The quantitative estimate of drug-likeness (QED) is 0.300. The molecule has 0 fully saturated rings. The molecule has 0 aromatic heterocycles. The van der Waals surface area contributed by atoms with Crippen molar-refractivity contribution in [2.75, 3.05) is 0 Å². The SMILES string of the molecule is CC1=[C-]C(C)C(C)=C1C.C[Si]C.Cc1ccccc1[NH-].Cl.Cl.[Zr+2]. The van der Waals surface area contributed by atoms with Gasteiger partial charge in [-0.25, -0.2) is 5.57 Å². The molecular formula is C18H29Cl2NSiZr. The van der Waals surface area contributed by atoms with Crippen LogP contribution in [0.15, 0.2) is 41.0 Å². The predicted molar refractivity (Wildman–Crippen MR) is 107 cm³/mol. The summed E-state index contributed by atoms with van der Waals surface area (Å²) in [5.41, 5.74) is 13.1. The van der Waals surface area contributed by atoms with Crippen LogP contribution in [0.25, 0.3) is 5.73 Å². The number of benzene rings is 1. The molecule has 0 spiro atoms. The Labute approximate surface area is 177 Å². The number of aryl methyl sites for hydroxylation is 1. The molecule has 0 amide bonds. The van der Waals surface area contributed by atoms with Gasteiger partial charge in [-0.2, -0.15) is 11.1 Å². The van der Waals surface area contributed by atoms with Crippen LogP contribution in [0.2, 0.25) is 13.1 Å². The molecule has 1 aliphatic carbocycles. The summed E-state index contributed by atoms with van der Waals surface area (Å²) in [4.78, 5) is 0. The summed E-state index contributed by atoms with van der Waals surface area (Å²) in [6.07, 6.45) is 3.36. The van der Waals surface area contributed by atoms with Gasteiger partial charge in [0.25, 0.3) is 0 Å². The molecule has 23 heavy (non-hydrogen) atoms. The van der Waals surface area contributed by atoms with Gasteiger partial charge in [0.2, 0.25) is 0 Å². The molecule has 1 nitrogen and oxygen atoms in total. The van der Waals surface area contributed by atoms with E-state index in [0.29, 0.717) is 11.6 Å². The van der Waals surface area contributed by atoms with Crippen molar-refractivity contribution < 1.29 is 26.2 Å². The predicted octanol–water partition coefficient (Wildman–Crippen LogP) is 7.03. The van der Waals surface area contributed by atoms with Crippen molar-refractivity contribution >= 4 is 40.0 Å². The first-order valence-electron chi connectivity index (χ1n) is 6.98. The van der Waals surface area contributed by atoms with Crippen molar-refractivity contribution in [2.24, 2.45) is 5.92 Å². The van der Waals surface area contributed by atoms with Crippen LogP contribution in [-0.2, 0) is 26.2 Å². The number of hydrogen-bond donors (Lipinski definition) is 0. The summed E-state index contributed by atoms with van der Waals surface area (Å²) < 4.78 is 0. The molecule has 1 unspecified atom stereocenters. The maximum Gasteiger partial charge on any atom is 2.00 e. The van der Waals surface area contributed by atoms with Crippen LogP contribution >= 0.6 is 24.8 Å². The summed E-state index contributed by atoms with van der Waals surface area (Å²) in [6.45, 7) is 14.9. The zero-order valence-corrected chi connectivity index (χ0v) is 20.3. The number of hydrogen-bond acceptors (Lipinski definition) is 0. The Kier molecular flexibility index (Phi) is 22.9. The van der Waals surface area contributed by atoms with E-state index in [-0.39, 0.29) is 51.0 Å². The first-order chi connectivity index (χ1) is 9.34. The standard InChI is InChI=1S/C9H13.C7H8N.C2H6Si.2ClH.Zr/c1-6-5-7(2)9(4)8(6)3;1-6-4-2-3-5-7(6)8;1-3-2;;;/h6H,1-4H3;2-5,8H,1H3;1-2H3;2*1H;/q2*-1;;;;+2. The van der Waals surface area contributed by atoms with Gasteiger partial charge in [-0.3, -0.25) is 6.08 Å². The van der Waals surface area contributed by atoms with Crippen molar-refractivity contribution in [1.29, 1.82) is 0 Å². The molecule has 0 saturated carbocycles. The summed E-state index contributed by atoms with van der Waals surface area (Å²) in [5, 5.41) is 0. The molecule has 1 aromatic carbocycles. The molecule has 0 heterocycles. The van der Waals surface area contributed by atoms with E-state index in [2.05, 4.69) is 46.9 Å². The van der Waals surface area contributed by atoms with Gasteiger partial charge in [-0.15, -0.1) is 37.4 Å². The third-order valence-electron chi connectivity index (χ3n) is 3.38. The maximum absolute atomic E-state index is 7.22. The van der Waals surface area contributed by atoms with Gasteiger partial charge in [0.15, 0.2) is 0 Å². The summed E-state index contributed by atoms with van der Waals surface area (Å²) in [5.74, 6) is 0.560. The van der Waals surface area contributed by atoms with E-state index in [0.717, 1.165) is 15.1 Å². The zero-order chi connectivity index (χ0) is 15.7. The largest absolute Gasteiger partial charge is 2.00 e. The Morgan fingerprint density at radius 1 is 1.00 bits per heavy atom. The van der Waals surface area contributed by atoms with E-state index >= 15 is 0 Å². The van der Waals surface area contributed by atoms with Gasteiger partial charge in [0, 0.05) is 9.52 Å². The van der Waals surface area contributed by atoms with Crippen molar-refractivity contribution in [2.45, 2.75) is 47.7 Å². The molecule has 0 bridgehead atoms. The number of halogens is 2. The van der Waals surface area contributed by atoms with Gasteiger partial charge >= 0.3 is 26.2 Å². The van der Waals surface area contributed by atoms with E-state index in [9.17, 15) is 0 Å².